The largest absolute Gasteiger partial charge is 0.349 e. The SMILES string of the molecule is O=C(N1N=CC[C@H]1c1cc(F)cc(F)c1)n1cccc1. The molecule has 0 N–H and O–H groups in total. The highest BCUT2D eigenvalue weighted by atomic mass is 19.1. The van der Waals surface area contributed by atoms with Crippen molar-refractivity contribution in [1.82, 2.24) is 9.58 Å². The third-order valence-electron chi connectivity index (χ3n) is 3.12. The van der Waals surface area contributed by atoms with Gasteiger partial charge in [0, 0.05) is 31.1 Å². The van der Waals surface area contributed by atoms with Crippen LogP contribution in [0.5, 0.6) is 0 Å². The predicted octanol–water partition coefficient (Wildman–Crippen LogP) is 3.17. The topological polar surface area (TPSA) is 37.6 Å². The molecule has 4 nitrogen and oxygen atoms in total. The Morgan fingerprint density at radius 1 is 1.15 bits per heavy atom. The van der Waals surface area contributed by atoms with Gasteiger partial charge < -0.3 is 0 Å². The summed E-state index contributed by atoms with van der Waals surface area (Å²) < 4.78 is 28.0. The number of rotatable bonds is 1. The standard InChI is InChI=1S/C14H11F2N3O/c15-11-7-10(8-12(16)9-11)13-3-4-17-19(13)14(20)18-5-1-2-6-18/h1-2,4-9,13H,3H2/t13-/m0/s1. The molecule has 2 aromatic rings. The van der Waals surface area contributed by atoms with Gasteiger partial charge in [-0.25, -0.2) is 18.6 Å². The highest BCUT2D eigenvalue weighted by molar-refractivity contribution is 5.80. The maximum atomic E-state index is 13.3. The first-order chi connectivity index (χ1) is 9.65. The maximum Gasteiger partial charge on any atom is 0.349 e. The van der Waals surface area contributed by atoms with Crippen molar-refractivity contribution in [3.8, 4) is 0 Å². The predicted molar refractivity (Wildman–Crippen MR) is 69.3 cm³/mol. The number of amides is 1. The molecule has 1 aliphatic rings. The fourth-order valence-electron chi connectivity index (χ4n) is 2.22. The van der Waals surface area contributed by atoms with E-state index in [0.717, 1.165) is 6.07 Å². The minimum absolute atomic E-state index is 0.363. The molecule has 2 heterocycles. The number of carbonyl (C=O) groups is 1. The molecule has 0 unspecified atom stereocenters. The molecule has 102 valence electrons. The highest BCUT2D eigenvalue weighted by Gasteiger charge is 2.29. The average molecular weight is 275 g/mol. The van der Waals surface area contributed by atoms with Gasteiger partial charge in [0.05, 0.1) is 6.04 Å². The Bertz CT molecular complexity index is 647. The number of hydrogen-bond acceptors (Lipinski definition) is 2. The third kappa shape index (κ3) is 2.20. The zero-order valence-corrected chi connectivity index (χ0v) is 10.4. The van der Waals surface area contributed by atoms with Crippen molar-refractivity contribution < 1.29 is 13.6 Å². The summed E-state index contributed by atoms with van der Waals surface area (Å²) in [5.74, 6) is -1.33. The Morgan fingerprint density at radius 2 is 1.80 bits per heavy atom. The summed E-state index contributed by atoms with van der Waals surface area (Å²) in [6.07, 6.45) is 5.18. The van der Waals surface area contributed by atoms with Crippen LogP contribution in [0.2, 0.25) is 0 Å². The number of carbonyl (C=O) groups excluding carboxylic acids is 1. The lowest BCUT2D eigenvalue weighted by Crippen LogP contribution is -2.30. The minimum Gasteiger partial charge on any atom is -0.275 e. The summed E-state index contributed by atoms with van der Waals surface area (Å²) in [5.41, 5.74) is 0.389. The molecular formula is C14H11F2N3O. The average Bonchev–Trinajstić information content (AvgIpc) is 3.08. The highest BCUT2D eigenvalue weighted by Crippen LogP contribution is 2.29. The molecule has 0 fully saturated rings. The van der Waals surface area contributed by atoms with Crippen LogP contribution < -0.4 is 0 Å². The molecule has 6 heteroatoms. The summed E-state index contributed by atoms with van der Waals surface area (Å²) in [4.78, 5) is 12.2. The van der Waals surface area contributed by atoms with Gasteiger partial charge in [0.1, 0.15) is 11.6 Å². The van der Waals surface area contributed by atoms with E-state index in [1.165, 1.54) is 21.7 Å². The van der Waals surface area contributed by atoms with Gasteiger partial charge in [-0.3, -0.25) is 4.57 Å². The van der Waals surface area contributed by atoms with Gasteiger partial charge in [0.25, 0.3) is 0 Å². The van der Waals surface area contributed by atoms with Crippen LogP contribution in [0.3, 0.4) is 0 Å². The molecule has 1 aromatic carbocycles. The number of halogens is 2. The number of benzene rings is 1. The first kappa shape index (κ1) is 12.5. The number of hydrogen-bond donors (Lipinski definition) is 0. The lowest BCUT2D eigenvalue weighted by molar-refractivity contribution is 0.187. The van der Waals surface area contributed by atoms with Gasteiger partial charge in [0.2, 0.25) is 0 Å². The zero-order chi connectivity index (χ0) is 14.1. The lowest BCUT2D eigenvalue weighted by Gasteiger charge is -2.22. The molecule has 0 aliphatic carbocycles. The number of hydrazone groups is 1. The monoisotopic (exact) mass is 275 g/mol. The van der Waals surface area contributed by atoms with Crippen LogP contribution in [0.4, 0.5) is 13.6 Å². The van der Waals surface area contributed by atoms with Crippen LogP contribution in [-0.2, 0) is 0 Å². The Morgan fingerprint density at radius 3 is 2.45 bits per heavy atom. The fourth-order valence-corrected chi connectivity index (χ4v) is 2.22. The molecule has 0 spiro atoms. The van der Waals surface area contributed by atoms with E-state index in [2.05, 4.69) is 5.10 Å². The molecule has 1 atom stereocenters. The van der Waals surface area contributed by atoms with Gasteiger partial charge in [-0.15, -0.1) is 0 Å². The van der Waals surface area contributed by atoms with Crippen LogP contribution >= 0.6 is 0 Å². The first-order valence-electron chi connectivity index (χ1n) is 6.10. The Labute approximate surface area is 113 Å². The van der Waals surface area contributed by atoms with Crippen molar-refractivity contribution in [2.45, 2.75) is 12.5 Å². The van der Waals surface area contributed by atoms with Crippen LogP contribution in [0.25, 0.3) is 0 Å². The third-order valence-corrected chi connectivity index (χ3v) is 3.12. The van der Waals surface area contributed by atoms with Crippen molar-refractivity contribution in [2.24, 2.45) is 5.10 Å². The smallest absolute Gasteiger partial charge is 0.275 e. The Balaban J connectivity index is 1.92. The molecule has 0 bridgehead atoms. The summed E-state index contributed by atoms with van der Waals surface area (Å²) >= 11 is 0. The van der Waals surface area contributed by atoms with E-state index in [4.69, 9.17) is 0 Å². The molecular weight excluding hydrogens is 264 g/mol. The van der Waals surface area contributed by atoms with E-state index in [0.29, 0.717) is 12.0 Å². The van der Waals surface area contributed by atoms with E-state index in [1.54, 1.807) is 30.7 Å². The molecule has 1 amide bonds. The summed E-state index contributed by atoms with van der Waals surface area (Å²) in [5, 5.41) is 5.23. The second kappa shape index (κ2) is 4.88. The minimum atomic E-state index is -0.666. The van der Waals surface area contributed by atoms with Gasteiger partial charge >= 0.3 is 6.03 Å². The second-order valence-electron chi connectivity index (χ2n) is 4.47. The van der Waals surface area contributed by atoms with Crippen LogP contribution in [0, 0.1) is 11.6 Å². The van der Waals surface area contributed by atoms with Crippen LogP contribution in [0.15, 0.2) is 47.8 Å². The summed E-state index contributed by atoms with van der Waals surface area (Å²) in [7, 11) is 0. The molecule has 1 aromatic heterocycles. The Kier molecular flexibility index (Phi) is 3.06. The van der Waals surface area contributed by atoms with E-state index in [9.17, 15) is 13.6 Å². The van der Waals surface area contributed by atoms with Gasteiger partial charge in [-0.2, -0.15) is 5.10 Å². The van der Waals surface area contributed by atoms with E-state index in [1.807, 2.05) is 0 Å². The maximum absolute atomic E-state index is 13.3. The molecule has 1 aliphatic heterocycles. The van der Waals surface area contributed by atoms with Gasteiger partial charge in [-0.05, 0) is 29.8 Å². The summed E-state index contributed by atoms with van der Waals surface area (Å²) in [6, 6.07) is 5.82. The number of aromatic nitrogens is 1. The molecule has 3 rings (SSSR count). The Hall–Kier alpha value is -2.50. The summed E-state index contributed by atoms with van der Waals surface area (Å²) in [6.45, 7) is 0. The lowest BCUT2D eigenvalue weighted by atomic mass is 10.0. The normalized spacial score (nSPS) is 17.7. The quantitative estimate of drug-likeness (QED) is 0.787. The van der Waals surface area contributed by atoms with E-state index >= 15 is 0 Å². The van der Waals surface area contributed by atoms with E-state index < -0.39 is 17.7 Å². The second-order valence-corrected chi connectivity index (χ2v) is 4.47. The van der Waals surface area contributed by atoms with Gasteiger partial charge in [-0.1, -0.05) is 0 Å². The molecule has 0 saturated heterocycles. The van der Waals surface area contributed by atoms with Crippen molar-refractivity contribution >= 4 is 12.2 Å². The van der Waals surface area contributed by atoms with Crippen molar-refractivity contribution in [2.75, 3.05) is 0 Å². The molecule has 20 heavy (non-hydrogen) atoms. The number of nitrogens with zero attached hydrogens (tertiary/aromatic N) is 3. The van der Waals surface area contributed by atoms with E-state index in [-0.39, 0.29) is 6.03 Å². The van der Waals surface area contributed by atoms with Crippen molar-refractivity contribution in [3.05, 3.63) is 59.9 Å². The van der Waals surface area contributed by atoms with Crippen molar-refractivity contribution in [1.29, 1.82) is 0 Å². The molecule has 0 radical (unpaired) electrons. The van der Waals surface area contributed by atoms with Crippen LogP contribution in [-0.4, -0.2) is 21.8 Å². The van der Waals surface area contributed by atoms with Crippen LogP contribution in [0.1, 0.15) is 18.0 Å². The van der Waals surface area contributed by atoms with Crippen molar-refractivity contribution in [3.63, 3.8) is 0 Å². The van der Waals surface area contributed by atoms with Gasteiger partial charge in [0.15, 0.2) is 0 Å². The fraction of sp³-hybridized carbons (Fsp3) is 0.143. The first-order valence-corrected chi connectivity index (χ1v) is 6.10. The zero-order valence-electron chi connectivity index (χ0n) is 10.4. The molecule has 0 saturated carbocycles.